The van der Waals surface area contributed by atoms with Crippen LogP contribution >= 0.6 is 36.4 Å². The first-order valence-corrected chi connectivity index (χ1v) is 7.77. The predicted octanol–water partition coefficient (Wildman–Crippen LogP) is 4.18. The Balaban J connectivity index is 0.00000220. The summed E-state index contributed by atoms with van der Waals surface area (Å²) in [6.07, 6.45) is 1.12. The standard InChI is InChI=1S/C16H25ClN2O.2ClH/c1-12(2)10-15(19-8-6-18-7-9-19)14-11-13(17)4-5-16(14)20-3;;/h4-5,11-12,15,18H,6-10H2,1-3H3;2*1H/t15-;;/m1../s1. The number of benzene rings is 1. The highest BCUT2D eigenvalue weighted by Crippen LogP contribution is 2.35. The zero-order chi connectivity index (χ0) is 14.5. The van der Waals surface area contributed by atoms with Gasteiger partial charge in [0.15, 0.2) is 0 Å². The van der Waals surface area contributed by atoms with Crippen LogP contribution in [0.25, 0.3) is 0 Å². The molecule has 0 aromatic heterocycles. The highest BCUT2D eigenvalue weighted by Gasteiger charge is 2.25. The maximum Gasteiger partial charge on any atom is 0.123 e. The molecule has 1 aromatic carbocycles. The van der Waals surface area contributed by atoms with E-state index in [0.717, 1.165) is 43.4 Å². The van der Waals surface area contributed by atoms with Gasteiger partial charge in [-0.3, -0.25) is 4.90 Å². The lowest BCUT2D eigenvalue weighted by Gasteiger charge is -2.36. The molecular weight excluding hydrogens is 343 g/mol. The van der Waals surface area contributed by atoms with E-state index in [1.54, 1.807) is 7.11 Å². The van der Waals surface area contributed by atoms with E-state index in [4.69, 9.17) is 16.3 Å². The number of nitrogens with zero attached hydrogens (tertiary/aromatic N) is 1. The van der Waals surface area contributed by atoms with E-state index in [1.807, 2.05) is 12.1 Å². The lowest BCUT2D eigenvalue weighted by Crippen LogP contribution is -2.45. The molecule has 0 unspecified atom stereocenters. The SMILES string of the molecule is COc1ccc(Cl)cc1[C@@H](CC(C)C)N1CCNCC1.Cl.Cl. The van der Waals surface area contributed by atoms with E-state index in [-0.39, 0.29) is 24.8 Å². The number of hydrogen-bond acceptors (Lipinski definition) is 3. The van der Waals surface area contributed by atoms with Gasteiger partial charge in [-0.25, -0.2) is 0 Å². The van der Waals surface area contributed by atoms with Crippen molar-refractivity contribution >= 4 is 36.4 Å². The number of piperazine rings is 1. The maximum atomic E-state index is 6.21. The average molecular weight is 370 g/mol. The summed E-state index contributed by atoms with van der Waals surface area (Å²) < 4.78 is 5.55. The monoisotopic (exact) mass is 368 g/mol. The molecule has 0 saturated carbocycles. The number of methoxy groups -OCH3 is 1. The number of halogens is 3. The summed E-state index contributed by atoms with van der Waals surface area (Å²) in [6.45, 7) is 8.80. The third-order valence-corrected chi connectivity index (χ3v) is 4.07. The quantitative estimate of drug-likeness (QED) is 0.842. The van der Waals surface area contributed by atoms with E-state index in [2.05, 4.69) is 30.1 Å². The van der Waals surface area contributed by atoms with Gasteiger partial charge in [0.2, 0.25) is 0 Å². The summed E-state index contributed by atoms with van der Waals surface area (Å²) in [7, 11) is 1.73. The number of hydrogen-bond donors (Lipinski definition) is 1. The Kier molecular flexibility index (Phi) is 10.5. The summed E-state index contributed by atoms with van der Waals surface area (Å²) in [6, 6.07) is 6.32. The van der Waals surface area contributed by atoms with Crippen molar-refractivity contribution in [2.24, 2.45) is 5.92 Å². The molecule has 2 rings (SSSR count). The topological polar surface area (TPSA) is 24.5 Å². The largest absolute Gasteiger partial charge is 0.496 e. The van der Waals surface area contributed by atoms with E-state index in [9.17, 15) is 0 Å². The van der Waals surface area contributed by atoms with E-state index in [1.165, 1.54) is 5.56 Å². The summed E-state index contributed by atoms with van der Waals surface area (Å²) in [5.41, 5.74) is 1.22. The Morgan fingerprint density at radius 2 is 1.86 bits per heavy atom. The molecule has 22 heavy (non-hydrogen) atoms. The van der Waals surface area contributed by atoms with Gasteiger partial charge in [-0.05, 0) is 30.5 Å². The number of ether oxygens (including phenoxy) is 1. The van der Waals surface area contributed by atoms with Crippen LogP contribution in [0.4, 0.5) is 0 Å². The average Bonchev–Trinajstić information content (AvgIpc) is 2.45. The first-order valence-electron chi connectivity index (χ1n) is 7.40. The zero-order valence-electron chi connectivity index (χ0n) is 13.5. The molecule has 0 amide bonds. The molecule has 0 aliphatic carbocycles. The van der Waals surface area contributed by atoms with Crippen molar-refractivity contribution in [3.8, 4) is 5.75 Å². The Morgan fingerprint density at radius 1 is 1.23 bits per heavy atom. The number of nitrogens with one attached hydrogen (secondary N) is 1. The molecule has 1 N–H and O–H groups in total. The van der Waals surface area contributed by atoms with Crippen LogP contribution < -0.4 is 10.1 Å². The summed E-state index contributed by atoms with van der Waals surface area (Å²) in [4.78, 5) is 2.55. The van der Waals surface area contributed by atoms with Gasteiger partial charge in [0, 0.05) is 42.8 Å². The van der Waals surface area contributed by atoms with Gasteiger partial charge in [-0.1, -0.05) is 25.4 Å². The minimum atomic E-state index is 0. The van der Waals surface area contributed by atoms with Gasteiger partial charge in [-0.15, -0.1) is 24.8 Å². The summed E-state index contributed by atoms with van der Waals surface area (Å²) >= 11 is 6.21. The third kappa shape index (κ3) is 5.78. The summed E-state index contributed by atoms with van der Waals surface area (Å²) in [5.74, 6) is 1.58. The molecule has 0 radical (unpaired) electrons. The van der Waals surface area contributed by atoms with Crippen molar-refractivity contribution in [3.05, 3.63) is 28.8 Å². The third-order valence-electron chi connectivity index (χ3n) is 3.84. The minimum absolute atomic E-state index is 0. The molecule has 1 aliphatic rings. The highest BCUT2D eigenvalue weighted by molar-refractivity contribution is 6.30. The van der Waals surface area contributed by atoms with Crippen LogP contribution in [0.3, 0.4) is 0 Å². The molecule has 1 aromatic rings. The second-order valence-corrected chi connectivity index (χ2v) is 6.25. The highest BCUT2D eigenvalue weighted by atomic mass is 35.5. The molecule has 1 heterocycles. The molecule has 1 fully saturated rings. The summed E-state index contributed by atoms with van der Waals surface area (Å²) in [5, 5.41) is 4.20. The second kappa shape index (κ2) is 10.6. The Hall–Kier alpha value is -0.190. The van der Waals surface area contributed by atoms with E-state index in [0.29, 0.717) is 12.0 Å². The van der Waals surface area contributed by atoms with E-state index < -0.39 is 0 Å². The van der Waals surface area contributed by atoms with Crippen molar-refractivity contribution in [3.63, 3.8) is 0 Å². The van der Waals surface area contributed by atoms with Crippen molar-refractivity contribution in [1.82, 2.24) is 10.2 Å². The molecule has 1 saturated heterocycles. The molecule has 128 valence electrons. The maximum absolute atomic E-state index is 6.21. The Bertz CT molecular complexity index is 437. The Labute approximate surface area is 151 Å². The van der Waals surface area contributed by atoms with Gasteiger partial charge >= 0.3 is 0 Å². The van der Waals surface area contributed by atoms with Gasteiger partial charge in [0.25, 0.3) is 0 Å². The van der Waals surface area contributed by atoms with Crippen molar-refractivity contribution < 1.29 is 4.74 Å². The first kappa shape index (κ1) is 21.8. The molecule has 3 nitrogen and oxygen atoms in total. The van der Waals surface area contributed by atoms with Gasteiger partial charge in [-0.2, -0.15) is 0 Å². The van der Waals surface area contributed by atoms with Crippen LogP contribution in [0, 0.1) is 5.92 Å². The first-order chi connectivity index (χ1) is 9.61. The van der Waals surface area contributed by atoms with Crippen LogP contribution in [0.2, 0.25) is 5.02 Å². The van der Waals surface area contributed by atoms with Gasteiger partial charge in [0.1, 0.15) is 5.75 Å². The lowest BCUT2D eigenvalue weighted by molar-refractivity contribution is 0.151. The van der Waals surface area contributed by atoms with Crippen molar-refractivity contribution in [1.29, 1.82) is 0 Å². The molecule has 1 aliphatic heterocycles. The van der Waals surface area contributed by atoms with Crippen LogP contribution in [0.5, 0.6) is 5.75 Å². The lowest BCUT2D eigenvalue weighted by atomic mass is 9.94. The second-order valence-electron chi connectivity index (χ2n) is 5.82. The van der Waals surface area contributed by atoms with Gasteiger partial charge in [0.05, 0.1) is 7.11 Å². The fourth-order valence-electron chi connectivity index (χ4n) is 2.88. The van der Waals surface area contributed by atoms with Crippen LogP contribution in [0.15, 0.2) is 18.2 Å². The van der Waals surface area contributed by atoms with Crippen molar-refractivity contribution in [2.45, 2.75) is 26.3 Å². The molecule has 1 atom stereocenters. The fraction of sp³-hybridized carbons (Fsp3) is 0.625. The minimum Gasteiger partial charge on any atom is -0.496 e. The van der Waals surface area contributed by atoms with Crippen LogP contribution in [0.1, 0.15) is 31.9 Å². The molecule has 0 spiro atoms. The van der Waals surface area contributed by atoms with Crippen molar-refractivity contribution in [2.75, 3.05) is 33.3 Å². The van der Waals surface area contributed by atoms with E-state index >= 15 is 0 Å². The fourth-order valence-corrected chi connectivity index (χ4v) is 3.06. The Morgan fingerprint density at radius 3 is 2.41 bits per heavy atom. The normalized spacial score (nSPS) is 16.6. The van der Waals surface area contributed by atoms with Crippen LogP contribution in [-0.2, 0) is 0 Å². The van der Waals surface area contributed by atoms with Crippen LogP contribution in [-0.4, -0.2) is 38.2 Å². The number of rotatable bonds is 5. The predicted molar refractivity (Wildman–Crippen MR) is 99.1 cm³/mol. The van der Waals surface area contributed by atoms with Gasteiger partial charge < -0.3 is 10.1 Å². The molecule has 6 heteroatoms. The molecule has 0 bridgehead atoms. The smallest absolute Gasteiger partial charge is 0.123 e. The molecular formula is C16H27Cl3N2O. The zero-order valence-corrected chi connectivity index (χ0v) is 15.9.